The van der Waals surface area contributed by atoms with Gasteiger partial charge in [-0.05, 0) is 75.2 Å². The first-order valence-electron chi connectivity index (χ1n) is 13.2. The summed E-state index contributed by atoms with van der Waals surface area (Å²) in [6, 6.07) is 12.9. The molecule has 1 fully saturated rings. The van der Waals surface area contributed by atoms with Crippen LogP contribution in [0.25, 0.3) is 10.9 Å². The van der Waals surface area contributed by atoms with Gasteiger partial charge in [-0.1, -0.05) is 23.9 Å². The molecule has 0 spiro atoms. The second kappa shape index (κ2) is 10.5. The van der Waals surface area contributed by atoms with E-state index in [-0.39, 0.29) is 11.4 Å². The number of hydrogen-bond acceptors (Lipinski definition) is 6. The van der Waals surface area contributed by atoms with E-state index in [9.17, 15) is 9.18 Å². The summed E-state index contributed by atoms with van der Waals surface area (Å²) >= 11 is 1.66. The lowest BCUT2D eigenvalue weighted by Crippen LogP contribution is -2.36. The van der Waals surface area contributed by atoms with Crippen LogP contribution in [0.4, 0.5) is 4.39 Å². The van der Waals surface area contributed by atoms with Gasteiger partial charge in [-0.2, -0.15) is 5.10 Å². The second-order valence-corrected chi connectivity index (χ2v) is 11.2. The number of thioether (sulfide) groups is 1. The van der Waals surface area contributed by atoms with E-state index in [4.69, 9.17) is 9.84 Å². The van der Waals surface area contributed by atoms with Crippen LogP contribution in [-0.2, 0) is 19.5 Å². The lowest BCUT2D eigenvalue weighted by Gasteiger charge is -2.31. The highest BCUT2D eigenvalue weighted by atomic mass is 32.2. The third-order valence-electron chi connectivity index (χ3n) is 7.87. The van der Waals surface area contributed by atoms with E-state index in [2.05, 4.69) is 9.88 Å². The van der Waals surface area contributed by atoms with Crippen LogP contribution in [0.1, 0.15) is 41.3 Å². The molecule has 0 bridgehead atoms. The molecular formula is C29H32FN5O2S. The molecule has 2 aromatic carbocycles. The van der Waals surface area contributed by atoms with Crippen LogP contribution in [0.2, 0.25) is 0 Å². The van der Waals surface area contributed by atoms with Gasteiger partial charge < -0.3 is 9.64 Å². The minimum atomic E-state index is -0.249. The number of rotatable bonds is 7. The lowest BCUT2D eigenvalue weighted by molar-refractivity contribution is 0.213. The summed E-state index contributed by atoms with van der Waals surface area (Å²) in [7, 11) is 1.65. The normalized spacial score (nSPS) is 16.3. The highest BCUT2D eigenvalue weighted by molar-refractivity contribution is 7.99. The molecule has 0 saturated carbocycles. The number of aromatic nitrogens is 4. The van der Waals surface area contributed by atoms with Crippen molar-refractivity contribution in [2.45, 2.75) is 50.4 Å². The maximum atomic E-state index is 14.2. The molecule has 9 heteroatoms. The molecule has 0 N–H and O–H groups in total. The van der Waals surface area contributed by atoms with E-state index in [1.54, 1.807) is 24.9 Å². The van der Waals surface area contributed by atoms with Crippen LogP contribution in [0.3, 0.4) is 0 Å². The number of methoxy groups -OCH3 is 1. The van der Waals surface area contributed by atoms with Gasteiger partial charge in [0.05, 0.1) is 24.9 Å². The van der Waals surface area contributed by atoms with Gasteiger partial charge in [-0.25, -0.2) is 9.37 Å². The van der Waals surface area contributed by atoms with Crippen LogP contribution in [0, 0.1) is 12.7 Å². The summed E-state index contributed by atoms with van der Waals surface area (Å²) in [5, 5.41) is 6.90. The minimum Gasteiger partial charge on any atom is -0.497 e. The summed E-state index contributed by atoms with van der Waals surface area (Å²) in [6.45, 7) is 6.05. The molecule has 7 nitrogen and oxygen atoms in total. The predicted octanol–water partition coefficient (Wildman–Crippen LogP) is 4.63. The van der Waals surface area contributed by atoms with E-state index in [0.29, 0.717) is 12.5 Å². The Balaban J connectivity index is 1.15. The SMILES string of the molecule is COc1ccc(Cn2nc(C3CCN(CCc4c(C)nc5n(c4=O)CCS5)CC3)c3ccc(F)cc32)cc1. The number of hydrogen-bond donors (Lipinski definition) is 0. The van der Waals surface area contributed by atoms with Gasteiger partial charge in [-0.15, -0.1) is 0 Å². The Morgan fingerprint density at radius 2 is 1.89 bits per heavy atom. The molecule has 0 amide bonds. The van der Waals surface area contributed by atoms with Crippen LogP contribution in [0.15, 0.2) is 52.4 Å². The zero-order valence-electron chi connectivity index (χ0n) is 21.8. The van der Waals surface area contributed by atoms with Crippen molar-refractivity contribution in [2.24, 2.45) is 0 Å². The first-order valence-corrected chi connectivity index (χ1v) is 14.2. The number of nitrogens with zero attached hydrogens (tertiary/aromatic N) is 5. The molecule has 4 aromatic rings. The molecule has 2 aliphatic heterocycles. The summed E-state index contributed by atoms with van der Waals surface area (Å²) in [5.74, 6) is 1.81. The van der Waals surface area contributed by atoms with Gasteiger partial charge in [-0.3, -0.25) is 14.0 Å². The Kier molecular flexibility index (Phi) is 6.97. The maximum Gasteiger partial charge on any atom is 0.257 e. The third kappa shape index (κ3) is 4.85. The first-order chi connectivity index (χ1) is 18.5. The lowest BCUT2D eigenvalue weighted by atomic mass is 9.91. The highest BCUT2D eigenvalue weighted by Crippen LogP contribution is 2.33. The van der Waals surface area contributed by atoms with Crippen molar-refractivity contribution in [1.29, 1.82) is 0 Å². The van der Waals surface area contributed by atoms with E-state index in [1.165, 1.54) is 6.07 Å². The van der Waals surface area contributed by atoms with E-state index in [1.807, 2.05) is 46.5 Å². The number of piperidine rings is 1. The second-order valence-electron chi connectivity index (χ2n) is 10.2. The Morgan fingerprint density at radius 1 is 1.11 bits per heavy atom. The van der Waals surface area contributed by atoms with Crippen molar-refractivity contribution >= 4 is 22.7 Å². The van der Waals surface area contributed by atoms with Crippen LogP contribution in [0.5, 0.6) is 5.75 Å². The molecule has 4 heterocycles. The molecule has 2 aromatic heterocycles. The van der Waals surface area contributed by atoms with Gasteiger partial charge in [0.25, 0.3) is 5.56 Å². The third-order valence-corrected chi connectivity index (χ3v) is 8.82. The van der Waals surface area contributed by atoms with E-state index in [0.717, 1.165) is 95.5 Å². The van der Waals surface area contributed by atoms with Gasteiger partial charge in [0.2, 0.25) is 0 Å². The molecule has 6 rings (SSSR count). The number of ether oxygens (including phenoxy) is 1. The fraction of sp³-hybridized carbons (Fsp3) is 0.414. The monoisotopic (exact) mass is 533 g/mol. The summed E-state index contributed by atoms with van der Waals surface area (Å²) in [5.41, 5.74) is 4.83. The van der Waals surface area contributed by atoms with Crippen LogP contribution >= 0.6 is 11.8 Å². The fourth-order valence-electron chi connectivity index (χ4n) is 5.70. The zero-order chi connectivity index (χ0) is 26.2. The molecule has 0 aliphatic carbocycles. The summed E-state index contributed by atoms with van der Waals surface area (Å²) < 4.78 is 23.2. The van der Waals surface area contributed by atoms with Crippen LogP contribution in [-0.4, -0.2) is 56.7 Å². The predicted molar refractivity (Wildman–Crippen MR) is 148 cm³/mol. The molecule has 0 radical (unpaired) electrons. The van der Waals surface area contributed by atoms with Gasteiger partial charge in [0.1, 0.15) is 11.6 Å². The fourth-order valence-corrected chi connectivity index (χ4v) is 6.69. The maximum absolute atomic E-state index is 14.2. The average molecular weight is 534 g/mol. The number of likely N-dealkylation sites (tertiary alicyclic amines) is 1. The van der Waals surface area contributed by atoms with E-state index < -0.39 is 0 Å². The van der Waals surface area contributed by atoms with Crippen molar-refractivity contribution < 1.29 is 9.13 Å². The van der Waals surface area contributed by atoms with Crippen molar-refractivity contribution in [3.63, 3.8) is 0 Å². The summed E-state index contributed by atoms with van der Waals surface area (Å²) in [4.78, 5) is 20.1. The largest absolute Gasteiger partial charge is 0.497 e. The summed E-state index contributed by atoms with van der Waals surface area (Å²) in [6.07, 6.45) is 2.71. The Bertz CT molecular complexity index is 1520. The van der Waals surface area contributed by atoms with Crippen molar-refractivity contribution in [3.8, 4) is 5.75 Å². The van der Waals surface area contributed by atoms with Crippen molar-refractivity contribution in [1.82, 2.24) is 24.2 Å². The van der Waals surface area contributed by atoms with Crippen molar-refractivity contribution in [3.05, 3.63) is 81.2 Å². The zero-order valence-corrected chi connectivity index (χ0v) is 22.6. The van der Waals surface area contributed by atoms with Gasteiger partial charge >= 0.3 is 0 Å². The number of aryl methyl sites for hydroxylation is 1. The quantitative estimate of drug-likeness (QED) is 0.323. The van der Waals surface area contributed by atoms with Gasteiger partial charge in [0.15, 0.2) is 5.16 Å². The van der Waals surface area contributed by atoms with Crippen LogP contribution < -0.4 is 10.3 Å². The number of halogens is 1. The molecule has 2 aliphatic rings. The Hall–Kier alpha value is -3.17. The molecule has 0 unspecified atom stereocenters. The number of benzene rings is 2. The minimum absolute atomic E-state index is 0.133. The molecule has 1 saturated heterocycles. The topological polar surface area (TPSA) is 65.2 Å². The standard InChI is InChI=1S/C29H32FN5O2S/c1-19-24(28(36)34-15-16-38-29(34)31-19)11-14-33-12-9-21(10-13-33)27-25-8-5-22(30)17-26(25)35(32-27)18-20-3-6-23(37-2)7-4-20/h3-8,17,21H,9-16,18H2,1-2H3. The van der Waals surface area contributed by atoms with Crippen molar-refractivity contribution in [2.75, 3.05) is 32.5 Å². The smallest absolute Gasteiger partial charge is 0.257 e. The average Bonchev–Trinajstić information content (AvgIpc) is 3.54. The Labute approximate surface area is 225 Å². The molecule has 0 atom stereocenters. The molecule has 198 valence electrons. The molecular weight excluding hydrogens is 501 g/mol. The highest BCUT2D eigenvalue weighted by Gasteiger charge is 2.26. The number of fused-ring (bicyclic) bond motifs is 2. The van der Waals surface area contributed by atoms with Gasteiger partial charge in [0, 0.05) is 41.4 Å². The molecule has 38 heavy (non-hydrogen) atoms. The van der Waals surface area contributed by atoms with E-state index >= 15 is 0 Å². The first kappa shape index (κ1) is 25.1. The Morgan fingerprint density at radius 3 is 2.66 bits per heavy atom.